The largest absolute Gasteiger partial charge is 0.348 e. The van der Waals surface area contributed by atoms with Gasteiger partial charge in [0.15, 0.2) is 0 Å². The summed E-state index contributed by atoms with van der Waals surface area (Å²) in [6.45, 7) is 3.56. The maximum atomic E-state index is 13.6. The average Bonchev–Trinajstić information content (AvgIpc) is 2.85. The Labute approximate surface area is 213 Å². The van der Waals surface area contributed by atoms with Crippen LogP contribution in [0.1, 0.15) is 54.5 Å². The van der Waals surface area contributed by atoms with Crippen LogP contribution in [0.4, 0.5) is 5.69 Å². The van der Waals surface area contributed by atoms with Crippen LogP contribution in [0.2, 0.25) is 5.02 Å². The summed E-state index contributed by atoms with van der Waals surface area (Å²) >= 11 is 6.17. The predicted octanol–water partition coefficient (Wildman–Crippen LogP) is 5.99. The Morgan fingerprint density at radius 1 is 1.00 bits per heavy atom. The number of sulfonamides is 1. The molecule has 3 aromatic rings. The minimum Gasteiger partial charge on any atom is -0.348 e. The first-order chi connectivity index (χ1) is 16.8. The molecule has 0 aromatic heterocycles. The Kier molecular flexibility index (Phi) is 7.82. The van der Waals surface area contributed by atoms with Crippen molar-refractivity contribution in [3.8, 4) is 0 Å². The van der Waals surface area contributed by atoms with Crippen molar-refractivity contribution < 1.29 is 13.2 Å². The molecule has 3 aromatic carbocycles. The number of aryl methyl sites for hydroxylation is 3. The Morgan fingerprint density at radius 3 is 2.40 bits per heavy atom. The minimum absolute atomic E-state index is 0.123. The normalized spacial score (nSPS) is 14.1. The molecule has 1 aliphatic carbocycles. The summed E-state index contributed by atoms with van der Waals surface area (Å²) < 4.78 is 28.3. The molecular weight excluding hydrogens is 480 g/mol. The Bertz CT molecular complexity index is 1310. The number of carbonyl (C=O) groups is 1. The molecule has 0 aliphatic heterocycles. The zero-order chi connectivity index (χ0) is 25.0. The molecule has 0 spiro atoms. The lowest BCUT2D eigenvalue weighted by Crippen LogP contribution is -2.42. The van der Waals surface area contributed by atoms with Crippen LogP contribution in [0.15, 0.2) is 71.6 Å². The van der Waals surface area contributed by atoms with Crippen molar-refractivity contribution in [2.24, 2.45) is 0 Å². The van der Waals surface area contributed by atoms with Crippen molar-refractivity contribution >= 4 is 33.2 Å². The van der Waals surface area contributed by atoms with Crippen molar-refractivity contribution in [3.05, 3.63) is 94.0 Å². The van der Waals surface area contributed by atoms with Crippen molar-refractivity contribution in [1.82, 2.24) is 5.32 Å². The second-order valence-electron chi connectivity index (χ2n) is 9.07. The number of hydrogen-bond acceptors (Lipinski definition) is 3. The Hall–Kier alpha value is -2.83. The molecule has 0 bridgehead atoms. The summed E-state index contributed by atoms with van der Waals surface area (Å²) in [5.41, 5.74) is 5.08. The van der Waals surface area contributed by atoms with Gasteiger partial charge >= 0.3 is 0 Å². The number of nitrogens with one attached hydrogen (secondary N) is 1. The second kappa shape index (κ2) is 10.8. The standard InChI is InChI=1S/C28H31ClN2O3S/c1-3-27(23-14-13-21-7-4-5-8-22(21)17-23)30-28(32)19-31(25-10-6-9-24(29)18-25)35(33,34)26-15-11-20(2)12-16-26/h6,9-18,27H,3-5,7-8,19H2,1-2H3,(H,30,32)/t27-/m1/s1. The number of rotatable bonds is 8. The molecule has 0 fully saturated rings. The first-order valence-corrected chi connectivity index (χ1v) is 13.9. The molecule has 4 rings (SSSR count). The number of fused-ring (bicyclic) bond motifs is 1. The van der Waals surface area contributed by atoms with E-state index in [0.717, 1.165) is 28.3 Å². The van der Waals surface area contributed by atoms with Crippen molar-refractivity contribution in [3.63, 3.8) is 0 Å². The lowest BCUT2D eigenvalue weighted by atomic mass is 9.89. The molecule has 0 unspecified atom stereocenters. The number of halogens is 1. The first-order valence-electron chi connectivity index (χ1n) is 12.0. The zero-order valence-corrected chi connectivity index (χ0v) is 21.7. The van der Waals surface area contributed by atoms with Crippen LogP contribution in [0.3, 0.4) is 0 Å². The molecule has 0 saturated heterocycles. The van der Waals surface area contributed by atoms with E-state index in [-0.39, 0.29) is 23.4 Å². The topological polar surface area (TPSA) is 66.5 Å². The third kappa shape index (κ3) is 5.88. The summed E-state index contributed by atoms with van der Waals surface area (Å²) in [6, 6.07) is 19.4. The fourth-order valence-electron chi connectivity index (χ4n) is 4.55. The van der Waals surface area contributed by atoms with E-state index >= 15 is 0 Å². The van der Waals surface area contributed by atoms with Gasteiger partial charge in [-0.3, -0.25) is 9.10 Å². The number of anilines is 1. The summed E-state index contributed by atoms with van der Waals surface area (Å²) in [4.78, 5) is 13.3. The molecule has 1 amide bonds. The first kappa shape index (κ1) is 25.3. The SMILES string of the molecule is CC[C@@H](NC(=O)CN(c1cccc(Cl)c1)S(=O)(=O)c1ccc(C)cc1)c1ccc2c(c1)CCCC2. The molecule has 1 N–H and O–H groups in total. The highest BCUT2D eigenvalue weighted by atomic mass is 35.5. The number of benzene rings is 3. The van der Waals surface area contributed by atoms with E-state index in [4.69, 9.17) is 11.6 Å². The molecular formula is C28H31ClN2O3S. The molecule has 184 valence electrons. The lowest BCUT2D eigenvalue weighted by Gasteiger charge is -2.26. The summed E-state index contributed by atoms with van der Waals surface area (Å²) in [7, 11) is -3.99. The van der Waals surface area contributed by atoms with E-state index in [1.807, 2.05) is 13.8 Å². The molecule has 0 heterocycles. The van der Waals surface area contributed by atoms with E-state index in [1.54, 1.807) is 48.5 Å². The van der Waals surface area contributed by atoms with E-state index in [2.05, 4.69) is 23.5 Å². The maximum absolute atomic E-state index is 13.6. The molecule has 7 heteroatoms. The summed E-state index contributed by atoms with van der Waals surface area (Å²) in [6.07, 6.45) is 5.27. The van der Waals surface area contributed by atoms with Gasteiger partial charge in [-0.1, -0.05) is 60.5 Å². The number of nitrogens with zero attached hydrogens (tertiary/aromatic N) is 1. The highest BCUT2D eigenvalue weighted by Crippen LogP contribution is 2.28. The van der Waals surface area contributed by atoms with Crippen LogP contribution in [0.25, 0.3) is 0 Å². The van der Waals surface area contributed by atoms with Crippen LogP contribution >= 0.6 is 11.6 Å². The van der Waals surface area contributed by atoms with E-state index in [9.17, 15) is 13.2 Å². The summed E-state index contributed by atoms with van der Waals surface area (Å²) in [5, 5.41) is 3.46. The third-order valence-corrected chi connectivity index (χ3v) is 8.53. The third-order valence-electron chi connectivity index (χ3n) is 6.51. The van der Waals surface area contributed by atoms with Gasteiger partial charge in [-0.05, 0) is 86.1 Å². The maximum Gasteiger partial charge on any atom is 0.264 e. The van der Waals surface area contributed by atoms with Gasteiger partial charge in [0.2, 0.25) is 5.91 Å². The molecule has 1 atom stereocenters. The molecule has 0 saturated carbocycles. The van der Waals surface area contributed by atoms with Gasteiger partial charge in [-0.15, -0.1) is 0 Å². The lowest BCUT2D eigenvalue weighted by molar-refractivity contribution is -0.120. The monoisotopic (exact) mass is 510 g/mol. The van der Waals surface area contributed by atoms with Gasteiger partial charge < -0.3 is 5.32 Å². The van der Waals surface area contributed by atoms with Gasteiger partial charge in [-0.2, -0.15) is 0 Å². The van der Waals surface area contributed by atoms with E-state index < -0.39 is 10.0 Å². The van der Waals surface area contributed by atoms with Crippen LogP contribution in [0.5, 0.6) is 0 Å². The Balaban J connectivity index is 1.60. The fourth-order valence-corrected chi connectivity index (χ4v) is 6.14. The minimum atomic E-state index is -3.99. The molecule has 5 nitrogen and oxygen atoms in total. The van der Waals surface area contributed by atoms with Gasteiger partial charge in [0, 0.05) is 5.02 Å². The Morgan fingerprint density at radius 2 is 1.71 bits per heavy atom. The number of amides is 1. The van der Waals surface area contributed by atoms with Gasteiger partial charge in [-0.25, -0.2) is 8.42 Å². The molecule has 0 radical (unpaired) electrons. The van der Waals surface area contributed by atoms with Crippen LogP contribution < -0.4 is 9.62 Å². The second-order valence-corrected chi connectivity index (χ2v) is 11.4. The van der Waals surface area contributed by atoms with Gasteiger partial charge in [0.05, 0.1) is 16.6 Å². The number of carbonyl (C=O) groups excluding carboxylic acids is 1. The molecule has 35 heavy (non-hydrogen) atoms. The van der Waals surface area contributed by atoms with Crippen molar-refractivity contribution in [2.45, 2.75) is 56.9 Å². The smallest absolute Gasteiger partial charge is 0.264 e. The average molecular weight is 511 g/mol. The van der Waals surface area contributed by atoms with Gasteiger partial charge in [0.1, 0.15) is 6.54 Å². The highest BCUT2D eigenvalue weighted by molar-refractivity contribution is 7.92. The zero-order valence-electron chi connectivity index (χ0n) is 20.1. The summed E-state index contributed by atoms with van der Waals surface area (Å²) in [5.74, 6) is -0.370. The van der Waals surface area contributed by atoms with Crippen LogP contribution in [0, 0.1) is 6.92 Å². The fraction of sp³-hybridized carbons (Fsp3) is 0.321. The quantitative estimate of drug-likeness (QED) is 0.404. The van der Waals surface area contributed by atoms with Crippen LogP contribution in [-0.4, -0.2) is 20.9 Å². The number of hydrogen-bond donors (Lipinski definition) is 1. The molecule has 1 aliphatic rings. The van der Waals surface area contributed by atoms with Crippen LogP contribution in [-0.2, 0) is 27.7 Å². The highest BCUT2D eigenvalue weighted by Gasteiger charge is 2.28. The van der Waals surface area contributed by atoms with E-state index in [0.29, 0.717) is 17.1 Å². The van der Waals surface area contributed by atoms with Crippen molar-refractivity contribution in [1.29, 1.82) is 0 Å². The van der Waals surface area contributed by atoms with E-state index in [1.165, 1.54) is 24.0 Å². The predicted molar refractivity (Wildman–Crippen MR) is 141 cm³/mol. The van der Waals surface area contributed by atoms with Crippen molar-refractivity contribution in [2.75, 3.05) is 10.8 Å². The van der Waals surface area contributed by atoms with Gasteiger partial charge in [0.25, 0.3) is 10.0 Å².